The van der Waals surface area contributed by atoms with Gasteiger partial charge in [0.05, 0.1) is 14.2 Å². The second-order valence-electron chi connectivity index (χ2n) is 3.21. The summed E-state index contributed by atoms with van der Waals surface area (Å²) in [7, 11) is 3.05. The van der Waals surface area contributed by atoms with Crippen molar-refractivity contribution in [1.29, 1.82) is 0 Å². The number of benzene rings is 1. The predicted molar refractivity (Wildman–Crippen MR) is 62.0 cm³/mol. The molecule has 1 rings (SSSR count). The number of amides is 1. The molecule has 0 aliphatic heterocycles. The molecule has 1 aromatic rings. The maximum Gasteiger partial charge on any atom is 0.249 e. The standard InChI is InChI=1S/C12H15NO3/c1-4-5-9-10(12(13)14)6-8(15-2)7-11(9)16-3/h4,6-7H,1,5H2,2-3H3,(H2,13,14). The van der Waals surface area contributed by atoms with E-state index in [1.807, 2.05) is 0 Å². The number of ether oxygens (including phenoxy) is 2. The van der Waals surface area contributed by atoms with Crippen LogP contribution in [0.3, 0.4) is 0 Å². The quantitative estimate of drug-likeness (QED) is 0.767. The van der Waals surface area contributed by atoms with Gasteiger partial charge < -0.3 is 15.2 Å². The SMILES string of the molecule is C=CCc1c(OC)cc(OC)cc1C(N)=O. The summed E-state index contributed by atoms with van der Waals surface area (Å²) in [6.07, 6.45) is 2.21. The summed E-state index contributed by atoms with van der Waals surface area (Å²) in [4.78, 5) is 11.3. The molecular weight excluding hydrogens is 206 g/mol. The van der Waals surface area contributed by atoms with Gasteiger partial charge >= 0.3 is 0 Å². The first-order valence-electron chi connectivity index (χ1n) is 4.79. The number of rotatable bonds is 5. The summed E-state index contributed by atoms with van der Waals surface area (Å²) in [5.74, 6) is 0.612. The highest BCUT2D eigenvalue weighted by atomic mass is 16.5. The maximum atomic E-state index is 11.3. The van der Waals surface area contributed by atoms with Crippen molar-refractivity contribution in [2.45, 2.75) is 6.42 Å². The van der Waals surface area contributed by atoms with E-state index in [-0.39, 0.29) is 0 Å². The summed E-state index contributed by atoms with van der Waals surface area (Å²) < 4.78 is 10.3. The summed E-state index contributed by atoms with van der Waals surface area (Å²) in [6, 6.07) is 3.31. The van der Waals surface area contributed by atoms with Crippen LogP contribution in [-0.2, 0) is 6.42 Å². The van der Waals surface area contributed by atoms with Gasteiger partial charge in [0, 0.05) is 17.2 Å². The Morgan fingerprint density at radius 3 is 2.56 bits per heavy atom. The molecular formula is C12H15NO3. The van der Waals surface area contributed by atoms with Crippen molar-refractivity contribution in [3.8, 4) is 11.5 Å². The number of allylic oxidation sites excluding steroid dienone is 1. The molecule has 4 nitrogen and oxygen atoms in total. The van der Waals surface area contributed by atoms with E-state index < -0.39 is 5.91 Å². The van der Waals surface area contributed by atoms with E-state index in [4.69, 9.17) is 15.2 Å². The van der Waals surface area contributed by atoms with Gasteiger partial charge in [-0.1, -0.05) is 6.08 Å². The molecule has 1 amide bonds. The van der Waals surface area contributed by atoms with Crippen molar-refractivity contribution >= 4 is 5.91 Å². The summed E-state index contributed by atoms with van der Waals surface area (Å²) in [6.45, 7) is 3.64. The van der Waals surface area contributed by atoms with Gasteiger partial charge in [-0.2, -0.15) is 0 Å². The Balaban J connectivity index is 3.40. The first-order chi connectivity index (χ1) is 7.63. The van der Waals surface area contributed by atoms with Crippen molar-refractivity contribution in [3.63, 3.8) is 0 Å². The van der Waals surface area contributed by atoms with E-state index in [1.54, 1.807) is 18.2 Å². The molecule has 0 spiro atoms. The van der Waals surface area contributed by atoms with Crippen molar-refractivity contribution < 1.29 is 14.3 Å². The van der Waals surface area contributed by atoms with Gasteiger partial charge in [0.1, 0.15) is 11.5 Å². The molecule has 0 bridgehead atoms. The van der Waals surface area contributed by atoms with E-state index in [0.29, 0.717) is 23.5 Å². The van der Waals surface area contributed by atoms with Crippen LogP contribution in [0, 0.1) is 0 Å². The molecule has 2 N–H and O–H groups in total. The van der Waals surface area contributed by atoms with Crippen LogP contribution in [0.5, 0.6) is 11.5 Å². The van der Waals surface area contributed by atoms with E-state index in [0.717, 1.165) is 5.56 Å². The van der Waals surface area contributed by atoms with Crippen LogP contribution in [-0.4, -0.2) is 20.1 Å². The molecule has 0 saturated heterocycles. The normalized spacial score (nSPS) is 9.62. The van der Waals surface area contributed by atoms with Gasteiger partial charge in [0.2, 0.25) is 5.91 Å². The van der Waals surface area contributed by atoms with Crippen LogP contribution in [0.1, 0.15) is 15.9 Å². The molecule has 0 fully saturated rings. The smallest absolute Gasteiger partial charge is 0.249 e. The summed E-state index contributed by atoms with van der Waals surface area (Å²) in [5, 5.41) is 0. The zero-order valence-electron chi connectivity index (χ0n) is 9.45. The molecule has 0 aliphatic rings. The number of nitrogens with two attached hydrogens (primary N) is 1. The Bertz CT molecular complexity index is 413. The first kappa shape index (κ1) is 12.1. The van der Waals surface area contributed by atoms with Crippen LogP contribution in [0.25, 0.3) is 0 Å². The van der Waals surface area contributed by atoms with Crippen LogP contribution in [0.15, 0.2) is 24.8 Å². The zero-order chi connectivity index (χ0) is 12.1. The third-order valence-corrected chi connectivity index (χ3v) is 2.25. The fourth-order valence-corrected chi connectivity index (χ4v) is 1.49. The Hall–Kier alpha value is -1.97. The Kier molecular flexibility index (Phi) is 3.94. The summed E-state index contributed by atoms with van der Waals surface area (Å²) in [5.41, 5.74) is 6.43. The lowest BCUT2D eigenvalue weighted by Crippen LogP contribution is -2.14. The third kappa shape index (κ3) is 2.34. The minimum Gasteiger partial charge on any atom is -0.497 e. The van der Waals surface area contributed by atoms with Crippen molar-refractivity contribution in [2.75, 3.05) is 14.2 Å². The van der Waals surface area contributed by atoms with Crippen molar-refractivity contribution in [2.24, 2.45) is 5.73 Å². The molecule has 0 heterocycles. The van der Waals surface area contributed by atoms with Gasteiger partial charge in [0.15, 0.2) is 0 Å². The second-order valence-corrected chi connectivity index (χ2v) is 3.21. The average molecular weight is 221 g/mol. The molecule has 0 unspecified atom stereocenters. The van der Waals surface area contributed by atoms with Gasteiger partial charge in [-0.05, 0) is 12.5 Å². The molecule has 16 heavy (non-hydrogen) atoms. The minimum atomic E-state index is -0.506. The highest BCUT2D eigenvalue weighted by Gasteiger charge is 2.14. The lowest BCUT2D eigenvalue weighted by Gasteiger charge is -2.12. The van der Waals surface area contributed by atoms with Crippen LogP contribution >= 0.6 is 0 Å². The lowest BCUT2D eigenvalue weighted by atomic mass is 10.0. The Labute approximate surface area is 94.7 Å². The highest BCUT2D eigenvalue weighted by molar-refractivity contribution is 5.95. The second kappa shape index (κ2) is 5.21. The van der Waals surface area contributed by atoms with E-state index in [2.05, 4.69) is 6.58 Å². The minimum absolute atomic E-state index is 0.399. The zero-order valence-corrected chi connectivity index (χ0v) is 9.45. The largest absolute Gasteiger partial charge is 0.497 e. The first-order valence-corrected chi connectivity index (χ1v) is 4.79. The van der Waals surface area contributed by atoms with E-state index in [1.165, 1.54) is 14.2 Å². The average Bonchev–Trinajstić information content (AvgIpc) is 2.29. The van der Waals surface area contributed by atoms with Gasteiger partial charge in [-0.15, -0.1) is 6.58 Å². The van der Waals surface area contributed by atoms with Crippen molar-refractivity contribution in [3.05, 3.63) is 35.9 Å². The fourth-order valence-electron chi connectivity index (χ4n) is 1.49. The molecule has 86 valence electrons. The number of hydrogen-bond donors (Lipinski definition) is 1. The third-order valence-electron chi connectivity index (χ3n) is 2.25. The molecule has 4 heteroatoms. The predicted octanol–water partition coefficient (Wildman–Crippen LogP) is 1.53. The number of carbonyl (C=O) groups excluding carboxylic acids is 1. The van der Waals surface area contributed by atoms with Gasteiger partial charge in [-0.3, -0.25) is 4.79 Å². The Morgan fingerprint density at radius 2 is 2.12 bits per heavy atom. The number of methoxy groups -OCH3 is 2. The molecule has 0 aliphatic carbocycles. The monoisotopic (exact) mass is 221 g/mol. The number of carbonyl (C=O) groups is 1. The van der Waals surface area contributed by atoms with Crippen LogP contribution in [0.4, 0.5) is 0 Å². The van der Waals surface area contributed by atoms with Gasteiger partial charge in [-0.25, -0.2) is 0 Å². The highest BCUT2D eigenvalue weighted by Crippen LogP contribution is 2.29. The fraction of sp³-hybridized carbons (Fsp3) is 0.250. The molecule has 0 aromatic heterocycles. The molecule has 0 atom stereocenters. The van der Waals surface area contributed by atoms with Gasteiger partial charge in [0.25, 0.3) is 0 Å². The van der Waals surface area contributed by atoms with Crippen LogP contribution < -0.4 is 15.2 Å². The topological polar surface area (TPSA) is 61.6 Å². The van der Waals surface area contributed by atoms with Crippen LogP contribution in [0.2, 0.25) is 0 Å². The lowest BCUT2D eigenvalue weighted by molar-refractivity contribution is 0.0998. The number of primary amides is 1. The molecule has 0 saturated carbocycles. The maximum absolute atomic E-state index is 11.3. The molecule has 1 aromatic carbocycles. The van der Waals surface area contributed by atoms with E-state index in [9.17, 15) is 4.79 Å². The van der Waals surface area contributed by atoms with Crippen molar-refractivity contribution in [1.82, 2.24) is 0 Å². The number of hydrogen-bond acceptors (Lipinski definition) is 3. The summed E-state index contributed by atoms with van der Waals surface area (Å²) >= 11 is 0. The Morgan fingerprint density at radius 1 is 1.44 bits per heavy atom. The molecule has 0 radical (unpaired) electrons. The van der Waals surface area contributed by atoms with E-state index >= 15 is 0 Å².